The number of hydrogen-bond donors (Lipinski definition) is 1. The standard InChI is InChI=1S/C19H14Cl3F3N2O2/c1-10(28)26-9-11-3-2-4-15(17(11)22)16-8-18(29-27-16,19(23,24)25)12-5-13(20)7-14(21)6-12/h2-7H,8-9H2,1H3,(H,26,28). The predicted octanol–water partition coefficient (Wildman–Crippen LogP) is 5.87. The third-order valence-electron chi connectivity index (χ3n) is 4.43. The second-order valence-corrected chi connectivity index (χ2v) is 7.73. The van der Waals surface area contributed by atoms with Crippen molar-refractivity contribution in [1.82, 2.24) is 5.32 Å². The van der Waals surface area contributed by atoms with Gasteiger partial charge >= 0.3 is 6.18 Å². The lowest BCUT2D eigenvalue weighted by molar-refractivity contribution is -0.275. The van der Waals surface area contributed by atoms with Crippen LogP contribution in [0.3, 0.4) is 0 Å². The van der Waals surface area contributed by atoms with Gasteiger partial charge in [-0.1, -0.05) is 58.2 Å². The van der Waals surface area contributed by atoms with Crippen LogP contribution in [0.15, 0.2) is 41.6 Å². The third kappa shape index (κ3) is 4.32. The van der Waals surface area contributed by atoms with E-state index in [-0.39, 0.29) is 44.4 Å². The molecule has 1 amide bonds. The minimum Gasteiger partial charge on any atom is -0.374 e. The van der Waals surface area contributed by atoms with Gasteiger partial charge < -0.3 is 10.2 Å². The summed E-state index contributed by atoms with van der Waals surface area (Å²) in [6, 6.07) is 8.44. The number of amides is 1. The number of carbonyl (C=O) groups excluding carboxylic acids is 1. The molecular weight excluding hydrogens is 452 g/mol. The van der Waals surface area contributed by atoms with Crippen LogP contribution in [0.1, 0.15) is 30.0 Å². The lowest BCUT2D eigenvalue weighted by atomic mass is 9.86. The third-order valence-corrected chi connectivity index (χ3v) is 5.32. The Morgan fingerprint density at radius 3 is 2.45 bits per heavy atom. The second kappa shape index (κ2) is 8.05. The molecule has 0 bridgehead atoms. The van der Waals surface area contributed by atoms with Gasteiger partial charge in [0.2, 0.25) is 5.91 Å². The van der Waals surface area contributed by atoms with Crippen molar-refractivity contribution in [2.45, 2.75) is 31.7 Å². The van der Waals surface area contributed by atoms with Crippen molar-refractivity contribution in [1.29, 1.82) is 0 Å². The van der Waals surface area contributed by atoms with Crippen LogP contribution in [0.2, 0.25) is 15.1 Å². The topological polar surface area (TPSA) is 50.7 Å². The van der Waals surface area contributed by atoms with E-state index in [9.17, 15) is 18.0 Å². The van der Waals surface area contributed by atoms with Gasteiger partial charge in [-0.05, 0) is 23.8 Å². The molecule has 4 nitrogen and oxygen atoms in total. The van der Waals surface area contributed by atoms with Crippen LogP contribution in [0.4, 0.5) is 13.2 Å². The molecule has 0 aromatic heterocycles. The van der Waals surface area contributed by atoms with E-state index in [2.05, 4.69) is 10.5 Å². The number of carbonyl (C=O) groups is 1. The van der Waals surface area contributed by atoms with Crippen LogP contribution in [0.5, 0.6) is 0 Å². The van der Waals surface area contributed by atoms with Crippen molar-refractivity contribution < 1.29 is 22.8 Å². The molecule has 3 rings (SSSR count). The van der Waals surface area contributed by atoms with Gasteiger partial charge in [-0.3, -0.25) is 4.79 Å². The SMILES string of the molecule is CC(=O)NCc1cccc(C2=NOC(c3cc(Cl)cc(Cl)c3)(C(F)(F)F)C2)c1Cl. The fourth-order valence-electron chi connectivity index (χ4n) is 2.99. The van der Waals surface area contributed by atoms with Crippen LogP contribution in [-0.2, 0) is 21.8 Å². The zero-order valence-corrected chi connectivity index (χ0v) is 17.2. The van der Waals surface area contributed by atoms with Crippen LogP contribution in [0, 0.1) is 0 Å². The Morgan fingerprint density at radius 2 is 1.86 bits per heavy atom. The van der Waals surface area contributed by atoms with E-state index in [0.717, 1.165) is 12.1 Å². The Kier molecular flexibility index (Phi) is 6.03. The Balaban J connectivity index is 1.99. The lowest BCUT2D eigenvalue weighted by Crippen LogP contribution is -2.42. The first-order valence-electron chi connectivity index (χ1n) is 8.34. The molecule has 0 saturated heterocycles. The maximum absolute atomic E-state index is 14.1. The fourth-order valence-corrected chi connectivity index (χ4v) is 3.82. The second-order valence-electron chi connectivity index (χ2n) is 6.48. The molecule has 0 spiro atoms. The highest BCUT2D eigenvalue weighted by Gasteiger charge is 2.62. The Bertz CT molecular complexity index is 975. The van der Waals surface area contributed by atoms with E-state index in [1.54, 1.807) is 18.2 Å². The largest absolute Gasteiger partial charge is 0.435 e. The zero-order valence-electron chi connectivity index (χ0n) is 14.9. The van der Waals surface area contributed by atoms with E-state index in [4.69, 9.17) is 39.6 Å². The molecule has 2 aromatic rings. The normalized spacial score (nSPS) is 18.9. The molecule has 10 heteroatoms. The van der Waals surface area contributed by atoms with E-state index in [1.807, 2.05) is 0 Å². The van der Waals surface area contributed by atoms with Crippen molar-refractivity contribution in [3.8, 4) is 0 Å². The molecule has 2 aromatic carbocycles. The molecule has 1 aliphatic heterocycles. The summed E-state index contributed by atoms with van der Waals surface area (Å²) in [5.74, 6) is -0.262. The number of alkyl halides is 3. The molecule has 0 saturated carbocycles. The number of hydrogen-bond acceptors (Lipinski definition) is 3. The molecule has 1 N–H and O–H groups in total. The summed E-state index contributed by atoms with van der Waals surface area (Å²) < 4.78 is 42.2. The van der Waals surface area contributed by atoms with Gasteiger partial charge in [0.1, 0.15) is 0 Å². The highest BCUT2D eigenvalue weighted by molar-refractivity contribution is 6.35. The lowest BCUT2D eigenvalue weighted by Gasteiger charge is -2.29. The minimum absolute atomic E-state index is 0.0214. The number of nitrogens with one attached hydrogen (secondary N) is 1. The molecule has 1 heterocycles. The summed E-state index contributed by atoms with van der Waals surface area (Å²) >= 11 is 18.2. The van der Waals surface area contributed by atoms with Gasteiger partial charge in [-0.2, -0.15) is 13.2 Å². The van der Waals surface area contributed by atoms with E-state index < -0.39 is 18.2 Å². The fraction of sp³-hybridized carbons (Fsp3) is 0.263. The summed E-state index contributed by atoms with van der Waals surface area (Å²) in [4.78, 5) is 16.1. The summed E-state index contributed by atoms with van der Waals surface area (Å²) in [6.45, 7) is 1.48. The summed E-state index contributed by atoms with van der Waals surface area (Å²) in [5, 5.41) is 6.57. The van der Waals surface area contributed by atoms with Crippen molar-refractivity contribution in [2.75, 3.05) is 0 Å². The first kappa shape index (κ1) is 21.7. The number of nitrogens with zero attached hydrogens (tertiary/aromatic N) is 1. The maximum Gasteiger partial charge on any atom is 0.435 e. The first-order valence-corrected chi connectivity index (χ1v) is 9.47. The van der Waals surface area contributed by atoms with Crippen LogP contribution < -0.4 is 5.32 Å². The maximum atomic E-state index is 14.1. The minimum atomic E-state index is -4.80. The summed E-state index contributed by atoms with van der Waals surface area (Å²) in [5.41, 5.74) is -2.15. The molecule has 1 aliphatic rings. The van der Waals surface area contributed by atoms with Gasteiger partial charge in [0.15, 0.2) is 0 Å². The Labute approximate surface area is 179 Å². The Hall–Kier alpha value is -1.96. The Morgan fingerprint density at radius 1 is 1.21 bits per heavy atom. The van der Waals surface area contributed by atoms with Crippen molar-refractivity contribution in [3.05, 3.63) is 68.2 Å². The highest BCUT2D eigenvalue weighted by atomic mass is 35.5. The average molecular weight is 466 g/mol. The van der Waals surface area contributed by atoms with Crippen molar-refractivity contribution >= 4 is 46.4 Å². The first-order chi connectivity index (χ1) is 13.5. The van der Waals surface area contributed by atoms with Crippen molar-refractivity contribution in [2.24, 2.45) is 5.16 Å². The number of rotatable bonds is 4. The summed E-state index contributed by atoms with van der Waals surface area (Å²) in [7, 11) is 0. The smallest absolute Gasteiger partial charge is 0.374 e. The van der Waals surface area contributed by atoms with Crippen LogP contribution in [0.25, 0.3) is 0 Å². The molecule has 154 valence electrons. The van der Waals surface area contributed by atoms with Crippen LogP contribution >= 0.6 is 34.8 Å². The van der Waals surface area contributed by atoms with Gasteiger partial charge in [0.25, 0.3) is 5.60 Å². The molecular formula is C19H14Cl3F3N2O2. The van der Waals surface area contributed by atoms with Gasteiger partial charge in [-0.25, -0.2) is 0 Å². The van der Waals surface area contributed by atoms with E-state index in [1.165, 1.54) is 13.0 Å². The molecule has 1 atom stereocenters. The summed E-state index contributed by atoms with van der Waals surface area (Å²) in [6.07, 6.45) is -5.41. The molecule has 0 aliphatic carbocycles. The van der Waals surface area contributed by atoms with Crippen LogP contribution in [-0.4, -0.2) is 17.8 Å². The molecule has 0 fully saturated rings. The predicted molar refractivity (Wildman–Crippen MR) is 105 cm³/mol. The number of halogens is 6. The number of benzene rings is 2. The number of oxime groups is 1. The van der Waals surface area contributed by atoms with Crippen molar-refractivity contribution in [3.63, 3.8) is 0 Å². The molecule has 1 unspecified atom stereocenters. The van der Waals surface area contributed by atoms with E-state index >= 15 is 0 Å². The molecule has 29 heavy (non-hydrogen) atoms. The average Bonchev–Trinajstić information content (AvgIpc) is 3.06. The van der Waals surface area contributed by atoms with Gasteiger partial charge in [-0.15, -0.1) is 0 Å². The van der Waals surface area contributed by atoms with E-state index in [0.29, 0.717) is 5.56 Å². The molecule has 0 radical (unpaired) electrons. The van der Waals surface area contributed by atoms with Gasteiger partial charge in [0.05, 0.1) is 17.2 Å². The quantitative estimate of drug-likeness (QED) is 0.614. The van der Waals surface area contributed by atoms with Gasteiger partial charge in [0, 0.05) is 34.6 Å². The highest BCUT2D eigenvalue weighted by Crippen LogP contribution is 2.50. The zero-order chi connectivity index (χ0) is 21.4. The monoisotopic (exact) mass is 464 g/mol.